The average Bonchev–Trinajstić information content (AvgIpc) is 3.07. The zero-order chi connectivity index (χ0) is 17.2. The van der Waals surface area contributed by atoms with Crippen LogP contribution in [0.5, 0.6) is 5.75 Å². The third-order valence-electron chi connectivity index (χ3n) is 4.29. The zero-order valence-corrected chi connectivity index (χ0v) is 14.4. The van der Waals surface area contributed by atoms with Crippen molar-refractivity contribution in [3.05, 3.63) is 41.9 Å². The summed E-state index contributed by atoms with van der Waals surface area (Å²) in [7, 11) is 0. The van der Waals surface area contributed by atoms with Crippen LogP contribution in [0.4, 0.5) is 11.5 Å². The molecule has 0 spiro atoms. The molecule has 7 nitrogen and oxygen atoms in total. The fraction of sp³-hybridized carbons (Fsp3) is 0.389. The monoisotopic (exact) mass is 339 g/mol. The molecule has 0 radical (unpaired) electrons. The van der Waals surface area contributed by atoms with Crippen LogP contribution in [0.3, 0.4) is 0 Å². The minimum absolute atomic E-state index is 0.240. The fourth-order valence-electron chi connectivity index (χ4n) is 3.00. The normalized spacial score (nSPS) is 15.4. The highest BCUT2D eigenvalue weighted by Gasteiger charge is 2.16. The molecule has 1 aromatic carbocycles. The van der Waals surface area contributed by atoms with Crippen LogP contribution in [0.1, 0.15) is 24.1 Å². The number of rotatable bonds is 4. The smallest absolute Gasteiger partial charge is 0.254 e. The molecular formula is C18H21N5O2. The van der Waals surface area contributed by atoms with E-state index in [1.807, 2.05) is 25.1 Å². The maximum absolute atomic E-state index is 6.12. The number of hydrogen-bond donors (Lipinski definition) is 1. The van der Waals surface area contributed by atoms with Crippen molar-refractivity contribution < 1.29 is 9.47 Å². The summed E-state index contributed by atoms with van der Waals surface area (Å²) >= 11 is 0. The second-order valence-corrected chi connectivity index (χ2v) is 6.29. The topological polar surface area (TPSA) is 73.6 Å². The molecule has 1 N–H and O–H groups in total. The van der Waals surface area contributed by atoms with Gasteiger partial charge >= 0.3 is 0 Å². The van der Waals surface area contributed by atoms with Crippen molar-refractivity contribution in [3.63, 3.8) is 0 Å². The molecule has 0 bridgehead atoms. The summed E-state index contributed by atoms with van der Waals surface area (Å²) in [4.78, 5) is 8.50. The van der Waals surface area contributed by atoms with Gasteiger partial charge in [0.05, 0.1) is 13.2 Å². The first-order valence-electron chi connectivity index (χ1n) is 8.48. The van der Waals surface area contributed by atoms with E-state index in [0.29, 0.717) is 5.78 Å². The molecule has 3 aromatic rings. The number of fused-ring (bicyclic) bond motifs is 1. The Morgan fingerprint density at radius 3 is 2.84 bits per heavy atom. The number of benzene rings is 1. The minimum Gasteiger partial charge on any atom is -0.490 e. The molecule has 25 heavy (non-hydrogen) atoms. The van der Waals surface area contributed by atoms with Crippen molar-refractivity contribution in [2.75, 3.05) is 18.5 Å². The van der Waals surface area contributed by atoms with Crippen molar-refractivity contribution in [3.8, 4) is 5.75 Å². The molecule has 1 aliphatic heterocycles. The van der Waals surface area contributed by atoms with E-state index in [4.69, 9.17) is 9.47 Å². The van der Waals surface area contributed by atoms with Crippen LogP contribution in [0.2, 0.25) is 0 Å². The highest BCUT2D eigenvalue weighted by molar-refractivity contribution is 5.61. The van der Waals surface area contributed by atoms with Gasteiger partial charge in [0.1, 0.15) is 24.0 Å². The van der Waals surface area contributed by atoms with E-state index in [9.17, 15) is 0 Å². The standard InChI is InChI=1S/C18H21N5O2/c1-12-9-14(3-4-16(12)25-15-5-7-24-8-6-15)22-17-10-13(2)21-18-19-11-20-23(17)18/h3-4,9-11,15,22H,5-8H2,1-2H3. The summed E-state index contributed by atoms with van der Waals surface area (Å²) in [5.41, 5.74) is 2.95. The summed E-state index contributed by atoms with van der Waals surface area (Å²) in [6.45, 7) is 5.55. The second-order valence-electron chi connectivity index (χ2n) is 6.29. The van der Waals surface area contributed by atoms with E-state index in [-0.39, 0.29) is 6.10 Å². The third kappa shape index (κ3) is 3.41. The third-order valence-corrected chi connectivity index (χ3v) is 4.29. The van der Waals surface area contributed by atoms with Gasteiger partial charge in [-0.25, -0.2) is 4.98 Å². The molecule has 0 amide bonds. The molecule has 0 atom stereocenters. The first-order chi connectivity index (χ1) is 12.2. The van der Waals surface area contributed by atoms with Gasteiger partial charge in [0, 0.05) is 30.3 Å². The number of nitrogens with one attached hydrogen (secondary N) is 1. The SMILES string of the molecule is Cc1cc(Nc2ccc(OC3CCOCC3)c(C)c2)n2ncnc2n1. The van der Waals surface area contributed by atoms with Crippen LogP contribution in [0, 0.1) is 13.8 Å². The van der Waals surface area contributed by atoms with Gasteiger partial charge in [-0.05, 0) is 37.6 Å². The van der Waals surface area contributed by atoms with Crippen molar-refractivity contribution in [2.24, 2.45) is 0 Å². The molecular weight excluding hydrogens is 318 g/mol. The van der Waals surface area contributed by atoms with Gasteiger partial charge in [-0.3, -0.25) is 0 Å². The van der Waals surface area contributed by atoms with E-state index >= 15 is 0 Å². The second kappa shape index (κ2) is 6.68. The molecule has 1 fully saturated rings. The number of aromatic nitrogens is 4. The lowest BCUT2D eigenvalue weighted by Gasteiger charge is -2.24. The van der Waals surface area contributed by atoms with Gasteiger partial charge in [-0.1, -0.05) is 0 Å². The molecule has 1 saturated heterocycles. The summed E-state index contributed by atoms with van der Waals surface area (Å²) in [5.74, 6) is 2.34. The highest BCUT2D eigenvalue weighted by Crippen LogP contribution is 2.27. The van der Waals surface area contributed by atoms with Gasteiger partial charge in [-0.2, -0.15) is 14.6 Å². The Morgan fingerprint density at radius 1 is 1.20 bits per heavy atom. The van der Waals surface area contributed by atoms with Crippen molar-refractivity contribution >= 4 is 17.3 Å². The number of anilines is 2. The van der Waals surface area contributed by atoms with E-state index in [1.54, 1.807) is 4.52 Å². The lowest BCUT2D eigenvalue weighted by Crippen LogP contribution is -2.26. The Hall–Kier alpha value is -2.67. The molecule has 7 heteroatoms. The maximum Gasteiger partial charge on any atom is 0.254 e. The average molecular weight is 339 g/mol. The minimum atomic E-state index is 0.240. The van der Waals surface area contributed by atoms with Crippen LogP contribution >= 0.6 is 0 Å². The molecule has 0 aliphatic carbocycles. The Kier molecular flexibility index (Phi) is 4.23. The number of hydrogen-bond acceptors (Lipinski definition) is 6. The molecule has 3 heterocycles. The predicted molar refractivity (Wildman–Crippen MR) is 94.4 cm³/mol. The Balaban J connectivity index is 1.54. The molecule has 1 aliphatic rings. The Morgan fingerprint density at radius 2 is 2.04 bits per heavy atom. The lowest BCUT2D eigenvalue weighted by molar-refractivity contribution is 0.0253. The van der Waals surface area contributed by atoms with Crippen molar-refractivity contribution in [1.82, 2.24) is 19.6 Å². The number of nitrogens with zero attached hydrogens (tertiary/aromatic N) is 4. The first kappa shape index (κ1) is 15.8. The predicted octanol–water partition coefficient (Wildman–Crippen LogP) is 3.04. The molecule has 0 saturated carbocycles. The molecule has 0 unspecified atom stereocenters. The van der Waals surface area contributed by atoms with Gasteiger partial charge in [0.2, 0.25) is 0 Å². The largest absolute Gasteiger partial charge is 0.490 e. The Bertz CT molecular complexity index is 886. The van der Waals surface area contributed by atoms with Crippen LogP contribution < -0.4 is 10.1 Å². The molecule has 4 rings (SSSR count). The van der Waals surface area contributed by atoms with Crippen LogP contribution in [0.25, 0.3) is 5.78 Å². The summed E-state index contributed by atoms with van der Waals surface area (Å²) < 4.78 is 13.2. The maximum atomic E-state index is 6.12. The van der Waals surface area contributed by atoms with E-state index in [0.717, 1.165) is 54.6 Å². The Labute approximate surface area is 146 Å². The quantitative estimate of drug-likeness (QED) is 0.787. The van der Waals surface area contributed by atoms with Crippen molar-refractivity contribution in [1.29, 1.82) is 0 Å². The van der Waals surface area contributed by atoms with E-state index in [1.165, 1.54) is 6.33 Å². The lowest BCUT2D eigenvalue weighted by atomic mass is 10.1. The molecule has 130 valence electrons. The fourth-order valence-corrected chi connectivity index (χ4v) is 3.00. The van der Waals surface area contributed by atoms with Gasteiger partial charge in [0.25, 0.3) is 5.78 Å². The summed E-state index contributed by atoms with van der Waals surface area (Å²) in [6.07, 6.45) is 3.63. The van der Waals surface area contributed by atoms with Gasteiger partial charge in [-0.15, -0.1) is 0 Å². The number of ether oxygens (including phenoxy) is 2. The first-order valence-corrected chi connectivity index (χ1v) is 8.48. The van der Waals surface area contributed by atoms with Crippen molar-refractivity contribution in [2.45, 2.75) is 32.8 Å². The van der Waals surface area contributed by atoms with Crippen LogP contribution in [-0.4, -0.2) is 38.9 Å². The molecule has 2 aromatic heterocycles. The summed E-state index contributed by atoms with van der Waals surface area (Å²) in [5, 5.41) is 7.61. The van der Waals surface area contributed by atoms with Crippen LogP contribution in [0.15, 0.2) is 30.6 Å². The van der Waals surface area contributed by atoms with Crippen LogP contribution in [-0.2, 0) is 4.74 Å². The number of aryl methyl sites for hydroxylation is 2. The van der Waals surface area contributed by atoms with E-state index < -0.39 is 0 Å². The van der Waals surface area contributed by atoms with Gasteiger partial charge in [0.15, 0.2) is 0 Å². The summed E-state index contributed by atoms with van der Waals surface area (Å²) in [6, 6.07) is 8.05. The van der Waals surface area contributed by atoms with Gasteiger partial charge < -0.3 is 14.8 Å². The van der Waals surface area contributed by atoms with E-state index in [2.05, 4.69) is 33.4 Å². The highest BCUT2D eigenvalue weighted by atomic mass is 16.5. The zero-order valence-electron chi connectivity index (χ0n) is 14.4.